The summed E-state index contributed by atoms with van der Waals surface area (Å²) in [7, 11) is 0. The van der Waals surface area contributed by atoms with E-state index in [0.717, 1.165) is 24.8 Å². The molecule has 1 aromatic rings. The highest BCUT2D eigenvalue weighted by Gasteiger charge is 2.24. The molecule has 82 valence electrons. The van der Waals surface area contributed by atoms with Gasteiger partial charge in [0.1, 0.15) is 5.75 Å². The summed E-state index contributed by atoms with van der Waals surface area (Å²) in [4.78, 5) is 0. The van der Waals surface area contributed by atoms with E-state index in [2.05, 4.69) is 0 Å². The Balaban J connectivity index is 2.04. The Hall–Kier alpha value is -1.13. The zero-order valence-electron chi connectivity index (χ0n) is 8.18. The van der Waals surface area contributed by atoms with Crippen LogP contribution < -0.4 is 4.74 Å². The minimum absolute atomic E-state index is 0.329. The van der Waals surface area contributed by atoms with Gasteiger partial charge in [-0.1, -0.05) is 6.07 Å². The van der Waals surface area contributed by atoms with Gasteiger partial charge in [0.15, 0.2) is 0 Å². The fraction of sp³-hybridized carbons (Fsp3) is 0.400. The Kier molecular flexibility index (Phi) is 2.63. The number of aryl methyl sites for hydroxylation is 2. The molecule has 15 heavy (non-hydrogen) atoms. The molecule has 1 nitrogen and oxygen atoms in total. The standard InChI is InChI=1S/C10H11BF3O/c12-11(13,14)7-15-10-5-4-8-2-1-3-9(8)6-10/h4-6H,1-3,7H2/q-1. The summed E-state index contributed by atoms with van der Waals surface area (Å²) < 4.78 is 40.6. The molecule has 0 unspecified atom stereocenters. The Labute approximate surface area is 86.3 Å². The van der Waals surface area contributed by atoms with Crippen molar-refractivity contribution in [3.8, 4) is 5.75 Å². The molecule has 0 fully saturated rings. The molecular weight excluding hydrogens is 204 g/mol. The van der Waals surface area contributed by atoms with Crippen LogP contribution in [0.25, 0.3) is 0 Å². The largest absolute Gasteiger partial charge is 0.522 e. The minimum Gasteiger partial charge on any atom is -0.522 e. The van der Waals surface area contributed by atoms with Gasteiger partial charge < -0.3 is 17.7 Å². The van der Waals surface area contributed by atoms with Gasteiger partial charge in [0, 0.05) is 0 Å². The van der Waals surface area contributed by atoms with E-state index in [9.17, 15) is 12.9 Å². The highest BCUT2D eigenvalue weighted by molar-refractivity contribution is 6.58. The lowest BCUT2D eigenvalue weighted by Gasteiger charge is -2.15. The van der Waals surface area contributed by atoms with Crippen LogP contribution in [0.3, 0.4) is 0 Å². The van der Waals surface area contributed by atoms with E-state index < -0.39 is 13.5 Å². The van der Waals surface area contributed by atoms with E-state index in [-0.39, 0.29) is 0 Å². The average molecular weight is 215 g/mol. The molecule has 2 rings (SSSR count). The van der Waals surface area contributed by atoms with Gasteiger partial charge in [-0.3, -0.25) is 0 Å². The average Bonchev–Trinajstić information content (AvgIpc) is 2.60. The molecule has 0 saturated heterocycles. The van der Waals surface area contributed by atoms with E-state index >= 15 is 0 Å². The van der Waals surface area contributed by atoms with Crippen molar-refractivity contribution < 1.29 is 17.7 Å². The number of ether oxygens (including phenoxy) is 1. The van der Waals surface area contributed by atoms with Crippen LogP contribution in [0.1, 0.15) is 17.5 Å². The lowest BCUT2D eigenvalue weighted by molar-refractivity contribution is 0.313. The second-order valence-corrected chi connectivity index (χ2v) is 3.81. The fourth-order valence-electron chi connectivity index (χ4n) is 1.83. The number of hydrogen-bond acceptors (Lipinski definition) is 1. The van der Waals surface area contributed by atoms with E-state index in [1.165, 1.54) is 5.56 Å². The van der Waals surface area contributed by atoms with Crippen molar-refractivity contribution in [3.05, 3.63) is 29.3 Å². The maximum atomic E-state index is 12.0. The first-order valence-electron chi connectivity index (χ1n) is 5.00. The van der Waals surface area contributed by atoms with Gasteiger partial charge in [-0.05, 0) is 42.5 Å². The van der Waals surface area contributed by atoms with Crippen molar-refractivity contribution in [3.63, 3.8) is 0 Å². The van der Waals surface area contributed by atoms with E-state index in [4.69, 9.17) is 4.74 Å². The molecule has 1 aliphatic rings. The van der Waals surface area contributed by atoms with Crippen molar-refractivity contribution in [1.29, 1.82) is 0 Å². The molecule has 0 N–H and O–H groups in total. The normalized spacial score (nSPS) is 15.1. The SMILES string of the molecule is F[B-](F)(F)COc1ccc2c(c1)CCC2. The third-order valence-corrected chi connectivity index (χ3v) is 2.51. The van der Waals surface area contributed by atoms with Crippen molar-refractivity contribution in [2.75, 3.05) is 6.51 Å². The first-order valence-corrected chi connectivity index (χ1v) is 5.00. The van der Waals surface area contributed by atoms with Gasteiger partial charge in [-0.2, -0.15) is 0 Å². The molecule has 0 aromatic heterocycles. The molecule has 0 radical (unpaired) electrons. The summed E-state index contributed by atoms with van der Waals surface area (Å²) in [5.74, 6) is 0.329. The fourth-order valence-corrected chi connectivity index (χ4v) is 1.83. The van der Waals surface area contributed by atoms with Crippen LogP contribution in [0.15, 0.2) is 18.2 Å². The first-order chi connectivity index (χ1) is 7.04. The van der Waals surface area contributed by atoms with E-state index in [0.29, 0.717) is 5.75 Å². The number of rotatable bonds is 3. The summed E-state index contributed by atoms with van der Waals surface area (Å²) in [5.41, 5.74) is 2.36. The Morgan fingerprint density at radius 2 is 1.87 bits per heavy atom. The Morgan fingerprint density at radius 3 is 2.60 bits per heavy atom. The van der Waals surface area contributed by atoms with Gasteiger partial charge in [0.05, 0.1) is 6.51 Å². The molecule has 0 spiro atoms. The van der Waals surface area contributed by atoms with Crippen LogP contribution in [0.4, 0.5) is 12.9 Å². The molecule has 0 amide bonds. The molecule has 0 saturated carbocycles. The zero-order valence-corrected chi connectivity index (χ0v) is 8.18. The lowest BCUT2D eigenvalue weighted by atomic mass is 9.95. The minimum atomic E-state index is -4.86. The summed E-state index contributed by atoms with van der Waals surface area (Å²) in [5, 5.41) is 0. The monoisotopic (exact) mass is 215 g/mol. The predicted molar refractivity (Wildman–Crippen MR) is 53.0 cm³/mol. The summed E-state index contributed by atoms with van der Waals surface area (Å²) in [6.45, 7) is -6.01. The maximum Gasteiger partial charge on any atom is 0.515 e. The summed E-state index contributed by atoms with van der Waals surface area (Å²) >= 11 is 0. The Bertz CT molecular complexity index is 362. The lowest BCUT2D eigenvalue weighted by Crippen LogP contribution is -2.26. The van der Waals surface area contributed by atoms with Crippen molar-refractivity contribution >= 4 is 6.98 Å². The second-order valence-electron chi connectivity index (χ2n) is 3.81. The van der Waals surface area contributed by atoms with Gasteiger partial charge in [-0.25, -0.2) is 0 Å². The molecule has 5 heteroatoms. The van der Waals surface area contributed by atoms with Crippen LogP contribution in [0, 0.1) is 0 Å². The molecule has 0 atom stereocenters. The second kappa shape index (κ2) is 3.79. The number of benzene rings is 1. The van der Waals surface area contributed by atoms with Crippen LogP contribution in [0.2, 0.25) is 0 Å². The molecule has 1 aliphatic carbocycles. The molecule has 0 bridgehead atoms. The molecule has 0 heterocycles. The third kappa shape index (κ3) is 2.67. The van der Waals surface area contributed by atoms with Gasteiger partial charge in [-0.15, -0.1) is 0 Å². The Morgan fingerprint density at radius 1 is 1.13 bits per heavy atom. The van der Waals surface area contributed by atoms with Crippen LogP contribution in [-0.4, -0.2) is 13.5 Å². The zero-order chi connectivity index (χ0) is 10.9. The van der Waals surface area contributed by atoms with E-state index in [1.54, 1.807) is 12.1 Å². The van der Waals surface area contributed by atoms with Crippen molar-refractivity contribution in [1.82, 2.24) is 0 Å². The van der Waals surface area contributed by atoms with Crippen molar-refractivity contribution in [2.45, 2.75) is 19.3 Å². The highest BCUT2D eigenvalue weighted by atomic mass is 19.4. The summed E-state index contributed by atoms with van der Waals surface area (Å²) in [6, 6.07) is 5.21. The third-order valence-electron chi connectivity index (χ3n) is 2.51. The van der Waals surface area contributed by atoms with E-state index in [1.807, 2.05) is 6.07 Å². The molecule has 0 aliphatic heterocycles. The number of hydrogen-bond donors (Lipinski definition) is 0. The van der Waals surface area contributed by atoms with Crippen LogP contribution in [-0.2, 0) is 12.8 Å². The van der Waals surface area contributed by atoms with Crippen LogP contribution in [0.5, 0.6) is 5.75 Å². The maximum absolute atomic E-state index is 12.0. The summed E-state index contributed by atoms with van der Waals surface area (Å²) in [6.07, 6.45) is 3.06. The quantitative estimate of drug-likeness (QED) is 0.704. The van der Waals surface area contributed by atoms with Gasteiger partial charge in [0.2, 0.25) is 0 Å². The molecule has 1 aromatic carbocycles. The molecular formula is C10H11BF3O-. The number of halogens is 3. The van der Waals surface area contributed by atoms with Crippen LogP contribution >= 0.6 is 0 Å². The first kappa shape index (κ1) is 10.4. The topological polar surface area (TPSA) is 9.23 Å². The number of fused-ring (bicyclic) bond motifs is 1. The van der Waals surface area contributed by atoms with Crippen molar-refractivity contribution in [2.24, 2.45) is 0 Å². The predicted octanol–water partition coefficient (Wildman–Crippen LogP) is 2.94. The smallest absolute Gasteiger partial charge is 0.515 e. The van der Waals surface area contributed by atoms with Gasteiger partial charge >= 0.3 is 6.98 Å². The van der Waals surface area contributed by atoms with Gasteiger partial charge in [0.25, 0.3) is 0 Å². The highest BCUT2D eigenvalue weighted by Crippen LogP contribution is 2.26.